The third kappa shape index (κ3) is 3.79. The highest BCUT2D eigenvalue weighted by Crippen LogP contribution is 2.21. The molecule has 0 heterocycles. The van der Waals surface area contributed by atoms with E-state index in [1.165, 1.54) is 0 Å². The zero-order valence-electron chi connectivity index (χ0n) is 8.34. The van der Waals surface area contributed by atoms with E-state index < -0.39 is 8.07 Å². The lowest BCUT2D eigenvalue weighted by molar-refractivity contribution is 1.65. The molecule has 0 amide bonds. The fourth-order valence-electron chi connectivity index (χ4n) is 1.06. The fourth-order valence-corrected chi connectivity index (χ4v) is 3.10. The van der Waals surface area contributed by atoms with E-state index in [9.17, 15) is 0 Å². The van der Waals surface area contributed by atoms with Crippen molar-refractivity contribution < 1.29 is 0 Å². The lowest BCUT2D eigenvalue weighted by Crippen LogP contribution is -2.15. The molecule has 0 nitrogen and oxygen atoms in total. The number of benzene rings is 1. The summed E-state index contributed by atoms with van der Waals surface area (Å²) in [6, 6.07) is 10.1. The molecule has 1 rings (SSSR count). The molecule has 2 heteroatoms. The van der Waals surface area contributed by atoms with Crippen LogP contribution in [0.4, 0.5) is 0 Å². The summed E-state index contributed by atoms with van der Waals surface area (Å²) in [5.41, 5.74) is 3.33. The molecule has 0 saturated heterocycles. The highest BCUT2D eigenvalue weighted by Gasteiger charge is 2.10. The maximum absolute atomic E-state index is 6.19. The fraction of sp³-hybridized carbons (Fsp3) is 0.273. The minimum absolute atomic E-state index is 0.889. The van der Waals surface area contributed by atoms with Crippen LogP contribution in [-0.2, 0) is 0 Å². The second kappa shape index (κ2) is 4.12. The third-order valence-corrected chi connectivity index (χ3v) is 3.27. The molecule has 0 N–H and O–H groups in total. The summed E-state index contributed by atoms with van der Waals surface area (Å²) in [4.78, 5) is 0. The van der Waals surface area contributed by atoms with Gasteiger partial charge in [0.05, 0.1) is 8.07 Å². The van der Waals surface area contributed by atoms with Gasteiger partial charge in [-0.2, -0.15) is 0 Å². The molecule has 1 aromatic rings. The maximum atomic E-state index is 6.19. The predicted molar refractivity (Wildman–Crippen MR) is 63.6 cm³/mol. The van der Waals surface area contributed by atoms with Crippen LogP contribution in [0.3, 0.4) is 0 Å². The van der Waals surface area contributed by atoms with Gasteiger partial charge in [0, 0.05) is 5.03 Å². The minimum atomic E-state index is -1.20. The van der Waals surface area contributed by atoms with Crippen molar-refractivity contribution in [2.75, 3.05) is 0 Å². The standard InChI is InChI=1S/C11H15ClSi/c1-13(2,3)9-11(12)10-7-5-4-6-8-10/h4-9H,1-3H3/b11-9-. The molecule has 0 aliphatic heterocycles. The highest BCUT2D eigenvalue weighted by molar-refractivity contribution is 6.83. The van der Waals surface area contributed by atoms with E-state index in [-0.39, 0.29) is 0 Å². The quantitative estimate of drug-likeness (QED) is 0.644. The Morgan fingerprint density at radius 2 is 1.69 bits per heavy atom. The van der Waals surface area contributed by atoms with E-state index in [2.05, 4.69) is 25.3 Å². The van der Waals surface area contributed by atoms with Crippen molar-refractivity contribution in [1.82, 2.24) is 0 Å². The van der Waals surface area contributed by atoms with Gasteiger partial charge in [-0.25, -0.2) is 0 Å². The lowest BCUT2D eigenvalue weighted by atomic mass is 10.2. The van der Waals surface area contributed by atoms with Crippen LogP contribution >= 0.6 is 11.6 Å². The first-order valence-corrected chi connectivity index (χ1v) is 8.38. The summed E-state index contributed by atoms with van der Waals surface area (Å²) < 4.78 is 0. The van der Waals surface area contributed by atoms with E-state index in [0.717, 1.165) is 10.6 Å². The molecule has 70 valence electrons. The molecular formula is C11H15ClSi. The molecule has 13 heavy (non-hydrogen) atoms. The monoisotopic (exact) mass is 210 g/mol. The predicted octanol–water partition coefficient (Wildman–Crippen LogP) is 4.14. The van der Waals surface area contributed by atoms with Crippen molar-refractivity contribution >= 4 is 24.7 Å². The molecule has 0 saturated carbocycles. The second-order valence-corrected chi connectivity index (χ2v) is 9.65. The van der Waals surface area contributed by atoms with Crippen molar-refractivity contribution in [2.24, 2.45) is 0 Å². The van der Waals surface area contributed by atoms with Crippen LogP contribution in [0.1, 0.15) is 5.56 Å². The largest absolute Gasteiger partial charge is 0.0845 e. The normalized spacial score (nSPS) is 13.1. The van der Waals surface area contributed by atoms with Gasteiger partial charge < -0.3 is 0 Å². The minimum Gasteiger partial charge on any atom is -0.0845 e. The molecule has 0 radical (unpaired) electrons. The van der Waals surface area contributed by atoms with Crippen molar-refractivity contribution in [1.29, 1.82) is 0 Å². The van der Waals surface area contributed by atoms with Gasteiger partial charge in [-0.3, -0.25) is 0 Å². The Morgan fingerprint density at radius 1 is 1.15 bits per heavy atom. The summed E-state index contributed by atoms with van der Waals surface area (Å²) in [6.45, 7) is 6.83. The Kier molecular flexibility index (Phi) is 3.34. The molecule has 0 spiro atoms. The topological polar surface area (TPSA) is 0 Å². The molecule has 0 atom stereocenters. The third-order valence-electron chi connectivity index (χ3n) is 1.61. The van der Waals surface area contributed by atoms with E-state index in [0.29, 0.717) is 0 Å². The van der Waals surface area contributed by atoms with Gasteiger partial charge in [-0.1, -0.05) is 67.3 Å². The Balaban J connectivity index is 2.92. The molecule has 0 aliphatic rings. The second-order valence-electron chi connectivity index (χ2n) is 4.22. The average molecular weight is 211 g/mol. The van der Waals surface area contributed by atoms with E-state index in [1.807, 2.05) is 30.3 Å². The van der Waals surface area contributed by atoms with Crippen LogP contribution in [0.2, 0.25) is 19.6 Å². The van der Waals surface area contributed by atoms with E-state index in [1.54, 1.807) is 0 Å². The molecule has 0 bridgehead atoms. The number of halogens is 1. The average Bonchev–Trinajstić information content (AvgIpc) is 2.03. The summed E-state index contributed by atoms with van der Waals surface area (Å²) in [5.74, 6) is 0. The van der Waals surface area contributed by atoms with Crippen LogP contribution in [0.25, 0.3) is 5.03 Å². The van der Waals surface area contributed by atoms with E-state index >= 15 is 0 Å². The molecule has 0 fully saturated rings. The Morgan fingerprint density at radius 3 is 2.15 bits per heavy atom. The first-order valence-electron chi connectivity index (χ1n) is 4.43. The Bertz CT molecular complexity index is 296. The SMILES string of the molecule is C[Si](C)(C)/C=C(\Cl)c1ccccc1. The van der Waals surface area contributed by atoms with Crippen LogP contribution in [-0.4, -0.2) is 8.07 Å². The molecule has 0 aliphatic carbocycles. The zero-order chi connectivity index (χ0) is 9.90. The lowest BCUT2D eigenvalue weighted by Gasteiger charge is -2.10. The molecule has 0 aromatic heterocycles. The summed E-state index contributed by atoms with van der Waals surface area (Å²) in [7, 11) is -1.20. The van der Waals surface area contributed by atoms with Gasteiger partial charge in [-0.05, 0) is 5.56 Å². The van der Waals surface area contributed by atoms with Crippen LogP contribution in [0.5, 0.6) is 0 Å². The van der Waals surface area contributed by atoms with Crippen LogP contribution in [0.15, 0.2) is 36.0 Å². The Labute approximate surface area is 86.3 Å². The Hall–Kier alpha value is -0.533. The number of hydrogen-bond donors (Lipinski definition) is 0. The number of rotatable bonds is 2. The first-order chi connectivity index (χ1) is 5.99. The van der Waals surface area contributed by atoms with Gasteiger partial charge in [0.15, 0.2) is 0 Å². The van der Waals surface area contributed by atoms with Gasteiger partial charge in [0.25, 0.3) is 0 Å². The van der Waals surface area contributed by atoms with Gasteiger partial charge in [0.2, 0.25) is 0 Å². The maximum Gasteiger partial charge on any atom is 0.0706 e. The summed E-state index contributed by atoms with van der Waals surface area (Å²) >= 11 is 6.19. The highest BCUT2D eigenvalue weighted by atomic mass is 35.5. The summed E-state index contributed by atoms with van der Waals surface area (Å²) in [6.07, 6.45) is 0. The molecule has 0 unspecified atom stereocenters. The first kappa shape index (κ1) is 10.5. The summed E-state index contributed by atoms with van der Waals surface area (Å²) in [5, 5.41) is 0.889. The van der Waals surface area contributed by atoms with Gasteiger partial charge in [0.1, 0.15) is 0 Å². The molecular weight excluding hydrogens is 196 g/mol. The van der Waals surface area contributed by atoms with Crippen LogP contribution in [0, 0.1) is 0 Å². The van der Waals surface area contributed by atoms with Crippen molar-refractivity contribution in [3.63, 3.8) is 0 Å². The van der Waals surface area contributed by atoms with Crippen LogP contribution < -0.4 is 0 Å². The van der Waals surface area contributed by atoms with Crippen molar-refractivity contribution in [3.05, 3.63) is 41.6 Å². The van der Waals surface area contributed by atoms with Crippen molar-refractivity contribution in [3.8, 4) is 0 Å². The van der Waals surface area contributed by atoms with Gasteiger partial charge in [-0.15, -0.1) is 0 Å². The molecule has 1 aromatic carbocycles. The number of hydrogen-bond acceptors (Lipinski definition) is 0. The van der Waals surface area contributed by atoms with Gasteiger partial charge >= 0.3 is 0 Å². The zero-order valence-corrected chi connectivity index (χ0v) is 10.1. The smallest absolute Gasteiger partial charge is 0.0706 e. The van der Waals surface area contributed by atoms with Crippen molar-refractivity contribution in [2.45, 2.75) is 19.6 Å². The van der Waals surface area contributed by atoms with E-state index in [4.69, 9.17) is 11.6 Å².